The van der Waals surface area contributed by atoms with Crippen LogP contribution < -0.4 is 10.6 Å². The van der Waals surface area contributed by atoms with Crippen molar-refractivity contribution in [2.45, 2.75) is 0 Å². The Labute approximate surface area is 141 Å². The predicted octanol–water partition coefficient (Wildman–Crippen LogP) is 4.49. The van der Waals surface area contributed by atoms with Crippen LogP contribution in [0.1, 0.15) is 10.4 Å². The smallest absolute Gasteiger partial charge is 0.256 e. The van der Waals surface area contributed by atoms with Crippen molar-refractivity contribution >= 4 is 23.1 Å². The second-order valence-corrected chi connectivity index (χ2v) is 5.15. The first-order valence-electron chi connectivity index (χ1n) is 7.26. The molecule has 1 heterocycles. The number of hydrogen-bond acceptors (Lipinski definition) is 3. The Morgan fingerprint density at radius 3 is 2.40 bits per heavy atom. The molecule has 0 aliphatic heterocycles. The summed E-state index contributed by atoms with van der Waals surface area (Å²) in [5, 5.41) is 5.44. The summed E-state index contributed by atoms with van der Waals surface area (Å²) in [6.07, 6.45) is 1.45. The molecule has 1 aromatic heterocycles. The van der Waals surface area contributed by atoms with Crippen molar-refractivity contribution in [2.75, 3.05) is 10.6 Å². The third-order valence-corrected chi connectivity index (χ3v) is 3.30. The molecule has 2 aromatic carbocycles. The molecule has 0 fully saturated rings. The van der Waals surface area contributed by atoms with Gasteiger partial charge in [0.1, 0.15) is 11.6 Å². The number of aromatic nitrogens is 1. The molecule has 0 unspecified atom stereocenters. The fourth-order valence-electron chi connectivity index (χ4n) is 2.10. The van der Waals surface area contributed by atoms with Crippen LogP contribution in [0, 0.1) is 17.5 Å². The Kier molecular flexibility index (Phi) is 4.65. The van der Waals surface area contributed by atoms with Crippen molar-refractivity contribution in [1.29, 1.82) is 0 Å². The van der Waals surface area contributed by atoms with Gasteiger partial charge in [0.2, 0.25) is 0 Å². The summed E-state index contributed by atoms with van der Waals surface area (Å²) in [6, 6.07) is 12.0. The fourth-order valence-corrected chi connectivity index (χ4v) is 2.10. The molecule has 0 bridgehead atoms. The number of nitrogens with zero attached hydrogens (tertiary/aromatic N) is 1. The molecule has 0 spiro atoms. The minimum atomic E-state index is -1.10. The average molecular weight is 343 g/mol. The highest BCUT2D eigenvalue weighted by molar-refractivity contribution is 6.03. The second kappa shape index (κ2) is 7.04. The molecule has 0 radical (unpaired) electrons. The van der Waals surface area contributed by atoms with E-state index in [2.05, 4.69) is 15.6 Å². The Morgan fingerprint density at radius 2 is 1.72 bits per heavy atom. The van der Waals surface area contributed by atoms with Gasteiger partial charge in [-0.15, -0.1) is 0 Å². The first-order valence-corrected chi connectivity index (χ1v) is 7.26. The Balaban J connectivity index is 1.67. The standard InChI is InChI=1S/C18H12F3N3O/c19-12-2-1-3-13(9-12)23-14-5-7-17(22-10-14)24-18(25)11-4-6-15(20)16(21)8-11/h1-10,23H,(H,22,24,25). The maximum atomic E-state index is 13.2. The van der Waals surface area contributed by atoms with Crippen molar-refractivity contribution in [1.82, 2.24) is 4.98 Å². The number of carbonyl (C=O) groups is 1. The zero-order valence-corrected chi connectivity index (χ0v) is 12.8. The molecular formula is C18H12F3N3O. The van der Waals surface area contributed by atoms with Crippen LogP contribution in [0.5, 0.6) is 0 Å². The predicted molar refractivity (Wildman–Crippen MR) is 88.2 cm³/mol. The third kappa shape index (κ3) is 4.14. The van der Waals surface area contributed by atoms with Gasteiger partial charge in [-0.2, -0.15) is 0 Å². The lowest BCUT2D eigenvalue weighted by atomic mass is 10.2. The maximum Gasteiger partial charge on any atom is 0.256 e. The highest BCUT2D eigenvalue weighted by atomic mass is 19.2. The van der Waals surface area contributed by atoms with E-state index < -0.39 is 17.5 Å². The van der Waals surface area contributed by atoms with Crippen molar-refractivity contribution in [3.8, 4) is 0 Å². The van der Waals surface area contributed by atoms with Crippen molar-refractivity contribution in [3.05, 3.63) is 83.8 Å². The maximum absolute atomic E-state index is 13.2. The zero-order chi connectivity index (χ0) is 17.8. The van der Waals surface area contributed by atoms with Gasteiger partial charge in [0.15, 0.2) is 11.6 Å². The van der Waals surface area contributed by atoms with Gasteiger partial charge in [-0.3, -0.25) is 4.79 Å². The second-order valence-electron chi connectivity index (χ2n) is 5.15. The summed E-state index contributed by atoms with van der Waals surface area (Å²) in [7, 11) is 0. The molecular weight excluding hydrogens is 331 g/mol. The summed E-state index contributed by atoms with van der Waals surface area (Å²) in [4.78, 5) is 16.0. The molecule has 7 heteroatoms. The molecule has 0 saturated heterocycles. The van der Waals surface area contributed by atoms with Crippen LogP contribution in [-0.2, 0) is 0 Å². The fraction of sp³-hybridized carbons (Fsp3) is 0. The van der Waals surface area contributed by atoms with E-state index in [9.17, 15) is 18.0 Å². The minimum absolute atomic E-state index is 0.0253. The first-order chi connectivity index (χ1) is 12.0. The summed E-state index contributed by atoms with van der Waals surface area (Å²) in [5.41, 5.74) is 1.12. The van der Waals surface area contributed by atoms with E-state index in [0.717, 1.165) is 12.1 Å². The summed E-state index contributed by atoms with van der Waals surface area (Å²) in [5.74, 6) is -2.87. The zero-order valence-electron chi connectivity index (χ0n) is 12.8. The van der Waals surface area contributed by atoms with Crippen molar-refractivity contribution < 1.29 is 18.0 Å². The molecule has 25 heavy (non-hydrogen) atoms. The van der Waals surface area contributed by atoms with E-state index in [-0.39, 0.29) is 17.2 Å². The lowest BCUT2D eigenvalue weighted by Crippen LogP contribution is -2.13. The number of nitrogens with one attached hydrogen (secondary N) is 2. The van der Waals surface area contributed by atoms with Crippen molar-refractivity contribution in [3.63, 3.8) is 0 Å². The van der Waals surface area contributed by atoms with Gasteiger partial charge in [-0.05, 0) is 48.5 Å². The largest absolute Gasteiger partial charge is 0.354 e. The van der Waals surface area contributed by atoms with Crippen LogP contribution in [0.3, 0.4) is 0 Å². The number of pyridine rings is 1. The lowest BCUT2D eigenvalue weighted by molar-refractivity contribution is 0.102. The van der Waals surface area contributed by atoms with Crippen LogP contribution in [0.4, 0.5) is 30.4 Å². The molecule has 0 atom stereocenters. The summed E-state index contributed by atoms with van der Waals surface area (Å²) >= 11 is 0. The SMILES string of the molecule is O=C(Nc1ccc(Nc2cccc(F)c2)cn1)c1ccc(F)c(F)c1. The van der Waals surface area contributed by atoms with Gasteiger partial charge in [-0.1, -0.05) is 6.07 Å². The first kappa shape index (κ1) is 16.5. The molecule has 126 valence electrons. The monoisotopic (exact) mass is 343 g/mol. The number of amides is 1. The Bertz CT molecular complexity index is 914. The van der Waals surface area contributed by atoms with Crippen LogP contribution in [-0.4, -0.2) is 10.9 Å². The Hall–Kier alpha value is -3.35. The van der Waals surface area contributed by atoms with E-state index in [4.69, 9.17) is 0 Å². The lowest BCUT2D eigenvalue weighted by Gasteiger charge is -2.08. The van der Waals surface area contributed by atoms with E-state index in [0.29, 0.717) is 11.4 Å². The molecule has 4 nitrogen and oxygen atoms in total. The topological polar surface area (TPSA) is 54.0 Å². The normalized spacial score (nSPS) is 10.4. The molecule has 2 N–H and O–H groups in total. The van der Waals surface area contributed by atoms with E-state index >= 15 is 0 Å². The van der Waals surface area contributed by atoms with Crippen LogP contribution >= 0.6 is 0 Å². The van der Waals surface area contributed by atoms with Crippen LogP contribution in [0.25, 0.3) is 0 Å². The number of hydrogen-bond donors (Lipinski definition) is 2. The number of carbonyl (C=O) groups excluding carboxylic acids is 1. The summed E-state index contributed by atoms with van der Waals surface area (Å²) in [6.45, 7) is 0. The third-order valence-electron chi connectivity index (χ3n) is 3.30. The molecule has 1 amide bonds. The highest BCUT2D eigenvalue weighted by Gasteiger charge is 2.10. The van der Waals surface area contributed by atoms with Gasteiger partial charge >= 0.3 is 0 Å². The average Bonchev–Trinajstić information content (AvgIpc) is 2.59. The number of anilines is 3. The molecule has 3 rings (SSSR count). The summed E-state index contributed by atoms with van der Waals surface area (Å²) < 4.78 is 39.2. The number of halogens is 3. The molecule has 0 aliphatic carbocycles. The quantitative estimate of drug-likeness (QED) is 0.734. The van der Waals surface area contributed by atoms with Gasteiger partial charge in [-0.25, -0.2) is 18.2 Å². The number of rotatable bonds is 4. The van der Waals surface area contributed by atoms with E-state index in [1.54, 1.807) is 18.2 Å². The van der Waals surface area contributed by atoms with Crippen LogP contribution in [0.15, 0.2) is 60.8 Å². The minimum Gasteiger partial charge on any atom is -0.354 e. The van der Waals surface area contributed by atoms with Crippen molar-refractivity contribution in [2.24, 2.45) is 0 Å². The van der Waals surface area contributed by atoms with E-state index in [1.165, 1.54) is 30.5 Å². The van der Waals surface area contributed by atoms with Gasteiger partial charge in [0, 0.05) is 11.3 Å². The molecule has 0 saturated carbocycles. The Morgan fingerprint density at radius 1 is 0.880 bits per heavy atom. The van der Waals surface area contributed by atoms with Crippen LogP contribution in [0.2, 0.25) is 0 Å². The molecule has 0 aliphatic rings. The van der Waals surface area contributed by atoms with Gasteiger partial charge in [0.25, 0.3) is 5.91 Å². The highest BCUT2D eigenvalue weighted by Crippen LogP contribution is 2.18. The van der Waals surface area contributed by atoms with E-state index in [1.807, 2.05) is 0 Å². The number of benzene rings is 2. The molecule has 3 aromatic rings. The van der Waals surface area contributed by atoms with Gasteiger partial charge < -0.3 is 10.6 Å². The van der Waals surface area contributed by atoms with Gasteiger partial charge in [0.05, 0.1) is 11.9 Å².